The Morgan fingerprint density at radius 3 is 1.93 bits per heavy atom. The van der Waals surface area contributed by atoms with Crippen LogP contribution in [-0.2, 0) is 0 Å². The second-order valence-corrected chi connectivity index (χ2v) is 8.27. The summed E-state index contributed by atoms with van der Waals surface area (Å²) in [6, 6.07) is 21.1. The molecule has 1 aromatic heterocycles. The van der Waals surface area contributed by atoms with Crippen LogP contribution < -0.4 is 0 Å². The van der Waals surface area contributed by atoms with E-state index >= 15 is 0 Å². The van der Waals surface area contributed by atoms with E-state index in [1.165, 1.54) is 23.5 Å². The van der Waals surface area contributed by atoms with Gasteiger partial charge in [-0.2, -0.15) is 9.64 Å². The molecule has 0 saturated heterocycles. The molecular weight excluding hydrogens is 396 g/mol. The number of benzene rings is 2. The molecule has 27 heavy (non-hydrogen) atoms. The van der Waals surface area contributed by atoms with Crippen molar-refractivity contribution in [2.45, 2.75) is 9.79 Å². The van der Waals surface area contributed by atoms with Gasteiger partial charge >= 0.3 is 0 Å². The summed E-state index contributed by atoms with van der Waals surface area (Å²) in [6.45, 7) is 0. The van der Waals surface area contributed by atoms with E-state index < -0.39 is 0 Å². The first kappa shape index (κ1) is 19.4. The van der Waals surface area contributed by atoms with Gasteiger partial charge < -0.3 is 0 Å². The van der Waals surface area contributed by atoms with Crippen molar-refractivity contribution in [2.75, 3.05) is 11.5 Å². The molecule has 0 N–H and O–H groups in total. The third kappa shape index (κ3) is 5.07. The molecular formula is C20H14N2O2S3. The van der Waals surface area contributed by atoms with Crippen molar-refractivity contribution in [3.8, 4) is 6.07 Å². The lowest BCUT2D eigenvalue weighted by atomic mass is 10.1. The smallest absolute Gasteiger partial charge is 0.193 e. The highest BCUT2D eigenvalue weighted by Crippen LogP contribution is 2.25. The number of thioether (sulfide) groups is 2. The molecule has 134 valence electrons. The molecule has 2 aromatic carbocycles. The fourth-order valence-electron chi connectivity index (χ4n) is 2.24. The lowest BCUT2D eigenvalue weighted by Crippen LogP contribution is -2.07. The highest BCUT2D eigenvalue weighted by molar-refractivity contribution is 8.00. The van der Waals surface area contributed by atoms with Crippen LogP contribution in [0.2, 0.25) is 0 Å². The Hall–Kier alpha value is -2.40. The Morgan fingerprint density at radius 2 is 1.41 bits per heavy atom. The van der Waals surface area contributed by atoms with Crippen LogP contribution in [0.1, 0.15) is 25.7 Å². The van der Waals surface area contributed by atoms with E-state index in [2.05, 4.69) is 4.37 Å². The predicted octanol–water partition coefficient (Wildman–Crippen LogP) is 4.96. The average Bonchev–Trinajstić information content (AvgIpc) is 3.16. The van der Waals surface area contributed by atoms with Crippen LogP contribution in [-0.4, -0.2) is 27.4 Å². The fraction of sp³-hybridized carbons (Fsp3) is 0.100. The van der Waals surface area contributed by atoms with E-state index in [0.29, 0.717) is 0 Å². The zero-order valence-electron chi connectivity index (χ0n) is 14.1. The van der Waals surface area contributed by atoms with Crippen LogP contribution in [0, 0.1) is 11.3 Å². The lowest BCUT2D eigenvalue weighted by molar-refractivity contribution is 0.101. The van der Waals surface area contributed by atoms with E-state index in [0.717, 1.165) is 21.3 Å². The fourth-order valence-corrected chi connectivity index (χ4v) is 4.69. The minimum Gasteiger partial charge on any atom is -0.292 e. The Balaban J connectivity index is 1.67. The number of rotatable bonds is 8. The van der Waals surface area contributed by atoms with Crippen LogP contribution in [0.5, 0.6) is 0 Å². The summed E-state index contributed by atoms with van der Waals surface area (Å²) in [5.41, 5.74) is 0.191. The van der Waals surface area contributed by atoms with Crippen molar-refractivity contribution in [3.05, 3.63) is 76.8 Å². The molecule has 7 heteroatoms. The van der Waals surface area contributed by atoms with Gasteiger partial charge in [0.2, 0.25) is 0 Å². The van der Waals surface area contributed by atoms with Gasteiger partial charge in [-0.1, -0.05) is 36.4 Å². The Bertz CT molecular complexity index is 906. The van der Waals surface area contributed by atoms with Gasteiger partial charge in [-0.3, -0.25) is 9.59 Å². The van der Waals surface area contributed by atoms with E-state index in [-0.39, 0.29) is 39.2 Å². The Morgan fingerprint density at radius 1 is 0.889 bits per heavy atom. The molecule has 3 aromatic rings. The van der Waals surface area contributed by atoms with Crippen LogP contribution in [0.4, 0.5) is 0 Å². The van der Waals surface area contributed by atoms with Gasteiger partial charge in [0.25, 0.3) is 0 Å². The van der Waals surface area contributed by atoms with Gasteiger partial charge in [0.15, 0.2) is 11.6 Å². The zero-order chi connectivity index (χ0) is 19.1. The molecule has 0 aliphatic rings. The number of carbonyl (C=O) groups excluding carboxylic acids is 2. The van der Waals surface area contributed by atoms with Crippen molar-refractivity contribution in [3.63, 3.8) is 0 Å². The number of nitriles is 1. The lowest BCUT2D eigenvalue weighted by Gasteiger charge is -2.01. The summed E-state index contributed by atoms with van der Waals surface area (Å²) >= 11 is 3.71. The first-order valence-corrected chi connectivity index (χ1v) is 10.8. The molecule has 0 amide bonds. The number of hydrogen-bond donors (Lipinski definition) is 0. The average molecular weight is 411 g/mol. The van der Waals surface area contributed by atoms with Gasteiger partial charge in [0, 0.05) is 9.79 Å². The second kappa shape index (κ2) is 9.51. The molecule has 0 atom stereocenters. The van der Waals surface area contributed by atoms with Crippen molar-refractivity contribution < 1.29 is 9.59 Å². The van der Waals surface area contributed by atoms with Crippen molar-refractivity contribution >= 4 is 46.6 Å². The molecule has 0 radical (unpaired) electrons. The summed E-state index contributed by atoms with van der Waals surface area (Å²) < 4.78 is 4.10. The maximum Gasteiger partial charge on any atom is 0.193 e. The largest absolute Gasteiger partial charge is 0.292 e. The number of Topliss-reactive ketones (excluding diaryl/α,β-unsaturated/α-hetero) is 2. The van der Waals surface area contributed by atoms with Crippen LogP contribution in [0.3, 0.4) is 0 Å². The van der Waals surface area contributed by atoms with Crippen molar-refractivity contribution in [2.24, 2.45) is 0 Å². The molecule has 0 spiro atoms. The molecule has 0 bridgehead atoms. The first-order valence-electron chi connectivity index (χ1n) is 8.01. The van der Waals surface area contributed by atoms with Crippen LogP contribution in [0.15, 0.2) is 70.5 Å². The summed E-state index contributed by atoms with van der Waals surface area (Å²) in [5, 5.41) is 9.46. The number of ketones is 2. The molecule has 0 unspecified atom stereocenters. The van der Waals surface area contributed by atoms with Gasteiger partial charge in [0.05, 0.1) is 11.5 Å². The van der Waals surface area contributed by atoms with E-state index in [1.54, 1.807) is 0 Å². The minimum absolute atomic E-state index is 0.0947. The molecule has 1 heterocycles. The number of carbonyl (C=O) groups is 2. The van der Waals surface area contributed by atoms with E-state index in [9.17, 15) is 14.9 Å². The topological polar surface area (TPSA) is 70.8 Å². The maximum atomic E-state index is 12.5. The molecule has 0 fully saturated rings. The SMILES string of the molecule is N#Cc1c(C(=O)CSc2ccccc2)nsc1C(=O)CSc1ccccc1. The first-order chi connectivity index (χ1) is 13.2. The molecule has 3 rings (SSSR count). The zero-order valence-corrected chi connectivity index (χ0v) is 16.6. The molecule has 0 aliphatic carbocycles. The molecule has 0 saturated carbocycles. The standard InChI is InChI=1S/C20H14N2O2S3/c21-11-16-19(17(23)12-25-14-7-3-1-4-8-14)22-27-20(16)18(24)13-26-15-9-5-2-6-10-15/h1-10H,12-13H2. The molecule has 0 aliphatic heterocycles. The summed E-state index contributed by atoms with van der Waals surface area (Å²) in [4.78, 5) is 27.2. The quantitative estimate of drug-likeness (QED) is 0.386. The van der Waals surface area contributed by atoms with Gasteiger partial charge in [0.1, 0.15) is 22.2 Å². The predicted molar refractivity (Wildman–Crippen MR) is 110 cm³/mol. The number of nitrogens with zero attached hydrogens (tertiary/aromatic N) is 2. The maximum absolute atomic E-state index is 12.5. The van der Waals surface area contributed by atoms with Gasteiger partial charge in [-0.25, -0.2) is 0 Å². The van der Waals surface area contributed by atoms with E-state index in [1.807, 2.05) is 66.7 Å². The normalized spacial score (nSPS) is 10.3. The Labute approximate surface area is 169 Å². The summed E-state index contributed by atoms with van der Waals surface area (Å²) in [6.07, 6.45) is 0. The highest BCUT2D eigenvalue weighted by atomic mass is 32.2. The molecule has 4 nitrogen and oxygen atoms in total. The second-order valence-electron chi connectivity index (χ2n) is 5.40. The highest BCUT2D eigenvalue weighted by Gasteiger charge is 2.24. The summed E-state index contributed by atoms with van der Waals surface area (Å²) in [7, 11) is 0. The third-order valence-corrected chi connectivity index (χ3v) is 6.46. The van der Waals surface area contributed by atoms with Crippen molar-refractivity contribution in [1.29, 1.82) is 5.26 Å². The van der Waals surface area contributed by atoms with E-state index in [4.69, 9.17) is 0 Å². The van der Waals surface area contributed by atoms with Gasteiger partial charge in [-0.15, -0.1) is 23.5 Å². The van der Waals surface area contributed by atoms with Crippen molar-refractivity contribution in [1.82, 2.24) is 4.37 Å². The number of hydrogen-bond acceptors (Lipinski definition) is 7. The monoisotopic (exact) mass is 410 g/mol. The number of aromatic nitrogens is 1. The van der Waals surface area contributed by atoms with Gasteiger partial charge in [-0.05, 0) is 35.8 Å². The Kier molecular flexibility index (Phi) is 6.82. The van der Waals surface area contributed by atoms with Crippen LogP contribution in [0.25, 0.3) is 0 Å². The minimum atomic E-state index is -0.244. The third-order valence-electron chi connectivity index (χ3n) is 3.55. The summed E-state index contributed by atoms with van der Waals surface area (Å²) in [5.74, 6) is -0.0543. The van der Waals surface area contributed by atoms with Crippen LogP contribution >= 0.6 is 35.1 Å².